The van der Waals surface area contributed by atoms with Gasteiger partial charge in [0.15, 0.2) is 0 Å². The zero-order chi connectivity index (χ0) is 14.9. The van der Waals surface area contributed by atoms with Crippen LogP contribution in [0.5, 0.6) is 0 Å². The lowest BCUT2D eigenvalue weighted by molar-refractivity contribution is 0.399. The average molecular weight is 262 g/mol. The Balaban J connectivity index is 0. The summed E-state index contributed by atoms with van der Waals surface area (Å²) in [5.74, 6) is 0. The Kier molecular flexibility index (Phi) is 17.5. The van der Waals surface area contributed by atoms with E-state index >= 15 is 0 Å². The molecule has 2 aromatic rings. The van der Waals surface area contributed by atoms with E-state index in [2.05, 4.69) is 62.4 Å². The van der Waals surface area contributed by atoms with Gasteiger partial charge in [-0.3, -0.25) is 0 Å². The van der Waals surface area contributed by atoms with Crippen LogP contribution in [0.3, 0.4) is 0 Å². The highest BCUT2D eigenvalue weighted by molar-refractivity contribution is 5.81. The standard InChI is InChI=1S/C10H8.C5H12.C2H6.CH4O/c1-2-6-10-8-4-3-7-9(10)5-1;1-3-5-4-2;2*1-2/h1-8H;3-5H2,1-2H3;1-2H3;2H,1H3. The van der Waals surface area contributed by atoms with E-state index < -0.39 is 0 Å². The summed E-state index contributed by atoms with van der Waals surface area (Å²) in [6, 6.07) is 16.7. The molecular formula is C18H30O. The summed E-state index contributed by atoms with van der Waals surface area (Å²) in [5, 5.41) is 9.62. The third kappa shape index (κ3) is 10.3. The number of benzene rings is 2. The van der Waals surface area contributed by atoms with Gasteiger partial charge in [-0.15, -0.1) is 0 Å². The molecule has 2 aromatic carbocycles. The van der Waals surface area contributed by atoms with Gasteiger partial charge in [-0.1, -0.05) is 95.5 Å². The van der Waals surface area contributed by atoms with Crippen molar-refractivity contribution in [3.63, 3.8) is 0 Å². The summed E-state index contributed by atoms with van der Waals surface area (Å²) in [4.78, 5) is 0. The van der Waals surface area contributed by atoms with Gasteiger partial charge < -0.3 is 5.11 Å². The monoisotopic (exact) mass is 262 g/mol. The minimum absolute atomic E-state index is 1.00. The van der Waals surface area contributed by atoms with E-state index in [0.29, 0.717) is 0 Å². The molecule has 0 atom stereocenters. The maximum absolute atomic E-state index is 7.00. The molecule has 2 rings (SSSR count). The topological polar surface area (TPSA) is 20.2 Å². The minimum Gasteiger partial charge on any atom is -0.400 e. The second-order valence-electron chi connectivity index (χ2n) is 3.70. The highest BCUT2D eigenvalue weighted by Gasteiger charge is 1.85. The Hall–Kier alpha value is -1.34. The van der Waals surface area contributed by atoms with Crippen molar-refractivity contribution in [2.45, 2.75) is 47.0 Å². The van der Waals surface area contributed by atoms with Crippen molar-refractivity contribution in [1.29, 1.82) is 0 Å². The van der Waals surface area contributed by atoms with Crippen LogP contribution in [0.4, 0.5) is 0 Å². The molecule has 0 aromatic heterocycles. The van der Waals surface area contributed by atoms with Crippen LogP contribution in [-0.2, 0) is 0 Å². The summed E-state index contributed by atoms with van der Waals surface area (Å²) < 4.78 is 0. The van der Waals surface area contributed by atoms with Crippen LogP contribution < -0.4 is 0 Å². The fourth-order valence-corrected chi connectivity index (χ4v) is 1.49. The highest BCUT2D eigenvalue weighted by Crippen LogP contribution is 2.11. The Morgan fingerprint density at radius 2 is 0.947 bits per heavy atom. The van der Waals surface area contributed by atoms with E-state index in [1.807, 2.05) is 13.8 Å². The van der Waals surface area contributed by atoms with Gasteiger partial charge >= 0.3 is 0 Å². The lowest BCUT2D eigenvalue weighted by Gasteiger charge is -1.92. The molecule has 19 heavy (non-hydrogen) atoms. The number of fused-ring (bicyclic) bond motifs is 1. The molecule has 0 aliphatic carbocycles. The van der Waals surface area contributed by atoms with Crippen molar-refractivity contribution in [2.75, 3.05) is 7.11 Å². The quantitative estimate of drug-likeness (QED) is 0.739. The largest absolute Gasteiger partial charge is 0.400 e. The molecule has 0 heterocycles. The van der Waals surface area contributed by atoms with Crippen molar-refractivity contribution >= 4 is 10.8 Å². The summed E-state index contributed by atoms with van der Waals surface area (Å²) >= 11 is 0. The second kappa shape index (κ2) is 16.7. The van der Waals surface area contributed by atoms with E-state index in [1.54, 1.807) is 0 Å². The predicted molar refractivity (Wildman–Crippen MR) is 88.6 cm³/mol. The number of aliphatic hydroxyl groups excluding tert-OH is 1. The molecule has 108 valence electrons. The molecule has 1 heteroatoms. The number of rotatable bonds is 2. The maximum atomic E-state index is 7.00. The van der Waals surface area contributed by atoms with Gasteiger partial charge in [0.1, 0.15) is 0 Å². The average Bonchev–Trinajstić information content (AvgIpc) is 2.53. The number of unbranched alkanes of at least 4 members (excludes halogenated alkanes) is 2. The van der Waals surface area contributed by atoms with Crippen LogP contribution in [-0.4, -0.2) is 12.2 Å². The SMILES string of the molecule is CC.CCCCC.CO.c1ccc2ccccc2c1. The lowest BCUT2D eigenvalue weighted by atomic mass is 10.1. The van der Waals surface area contributed by atoms with Crippen molar-refractivity contribution in [1.82, 2.24) is 0 Å². The molecule has 0 radical (unpaired) electrons. The van der Waals surface area contributed by atoms with Crippen molar-refractivity contribution in [3.05, 3.63) is 48.5 Å². The first-order valence-corrected chi connectivity index (χ1v) is 7.27. The van der Waals surface area contributed by atoms with Crippen LogP contribution in [0.15, 0.2) is 48.5 Å². The van der Waals surface area contributed by atoms with Crippen LogP contribution >= 0.6 is 0 Å². The van der Waals surface area contributed by atoms with Crippen molar-refractivity contribution < 1.29 is 5.11 Å². The molecule has 0 aliphatic rings. The highest BCUT2D eigenvalue weighted by atomic mass is 16.2. The minimum atomic E-state index is 1.00. The molecule has 0 amide bonds. The first-order valence-electron chi connectivity index (χ1n) is 7.27. The lowest BCUT2D eigenvalue weighted by Crippen LogP contribution is -1.67. The maximum Gasteiger partial charge on any atom is 0.0319 e. The van der Waals surface area contributed by atoms with Crippen LogP contribution in [0, 0.1) is 0 Å². The Labute approximate surface area is 119 Å². The second-order valence-corrected chi connectivity index (χ2v) is 3.70. The fourth-order valence-electron chi connectivity index (χ4n) is 1.49. The molecule has 0 saturated carbocycles. The molecule has 1 N–H and O–H groups in total. The van der Waals surface area contributed by atoms with Gasteiger partial charge in [0, 0.05) is 7.11 Å². The van der Waals surface area contributed by atoms with Gasteiger partial charge in [0.2, 0.25) is 0 Å². The Morgan fingerprint density at radius 1 is 0.684 bits per heavy atom. The predicted octanol–water partition coefficient (Wildman–Crippen LogP) is 5.67. The van der Waals surface area contributed by atoms with Gasteiger partial charge in [-0.05, 0) is 10.8 Å². The summed E-state index contributed by atoms with van der Waals surface area (Å²) in [5.41, 5.74) is 0. The van der Waals surface area contributed by atoms with E-state index in [1.165, 1.54) is 30.0 Å². The van der Waals surface area contributed by atoms with Gasteiger partial charge in [0.25, 0.3) is 0 Å². The van der Waals surface area contributed by atoms with Gasteiger partial charge in [0.05, 0.1) is 0 Å². The van der Waals surface area contributed by atoms with E-state index in [-0.39, 0.29) is 0 Å². The molecule has 0 aliphatic heterocycles. The number of aliphatic hydroxyl groups is 1. The molecule has 0 spiro atoms. The van der Waals surface area contributed by atoms with Gasteiger partial charge in [-0.25, -0.2) is 0 Å². The Morgan fingerprint density at radius 3 is 1.11 bits per heavy atom. The zero-order valence-electron chi connectivity index (χ0n) is 13.2. The van der Waals surface area contributed by atoms with Crippen LogP contribution in [0.2, 0.25) is 0 Å². The molecule has 0 fully saturated rings. The first kappa shape index (κ1) is 20.0. The summed E-state index contributed by atoms with van der Waals surface area (Å²) in [6.07, 6.45) is 4.08. The number of hydrogen-bond donors (Lipinski definition) is 1. The van der Waals surface area contributed by atoms with Crippen molar-refractivity contribution in [3.8, 4) is 0 Å². The Bertz CT molecular complexity index is 315. The molecular weight excluding hydrogens is 232 g/mol. The third-order valence-electron chi connectivity index (χ3n) is 2.37. The third-order valence-corrected chi connectivity index (χ3v) is 2.37. The normalized spacial score (nSPS) is 8.11. The smallest absolute Gasteiger partial charge is 0.0319 e. The van der Waals surface area contributed by atoms with Crippen molar-refractivity contribution in [2.24, 2.45) is 0 Å². The van der Waals surface area contributed by atoms with Gasteiger partial charge in [-0.2, -0.15) is 0 Å². The molecule has 1 nitrogen and oxygen atoms in total. The van der Waals surface area contributed by atoms with Crippen LogP contribution in [0.25, 0.3) is 10.8 Å². The van der Waals surface area contributed by atoms with Crippen LogP contribution in [0.1, 0.15) is 47.0 Å². The summed E-state index contributed by atoms with van der Waals surface area (Å²) in [6.45, 7) is 8.42. The van der Waals surface area contributed by atoms with E-state index in [4.69, 9.17) is 5.11 Å². The van der Waals surface area contributed by atoms with E-state index in [0.717, 1.165) is 7.11 Å². The van der Waals surface area contributed by atoms with E-state index in [9.17, 15) is 0 Å². The molecule has 0 bridgehead atoms. The fraction of sp³-hybridized carbons (Fsp3) is 0.444. The molecule has 0 unspecified atom stereocenters. The number of hydrogen-bond acceptors (Lipinski definition) is 1. The molecule has 0 saturated heterocycles. The summed E-state index contributed by atoms with van der Waals surface area (Å²) in [7, 11) is 1.00. The zero-order valence-corrected chi connectivity index (χ0v) is 13.2. The first-order chi connectivity index (χ1) is 9.38.